The maximum absolute atomic E-state index is 6.17. The summed E-state index contributed by atoms with van der Waals surface area (Å²) in [6, 6.07) is 15.7. The van der Waals surface area contributed by atoms with Crippen molar-refractivity contribution in [2.24, 2.45) is 0 Å². The van der Waals surface area contributed by atoms with Gasteiger partial charge in [0, 0.05) is 6.92 Å². The van der Waals surface area contributed by atoms with Gasteiger partial charge in [0.2, 0.25) is 5.89 Å². The molecule has 3 rings (SSSR count). The number of nitrogens with one attached hydrogen (secondary N) is 1. The highest BCUT2D eigenvalue weighted by Crippen LogP contribution is 2.29. The smallest absolute Gasteiger partial charge is 0.223 e. The van der Waals surface area contributed by atoms with Crippen LogP contribution in [-0.4, -0.2) is 10.1 Å². The molecule has 3 aromatic rings. The summed E-state index contributed by atoms with van der Waals surface area (Å²) in [5.74, 6) is 1.16. The largest absolute Gasteiger partial charge is 0.340 e. The third kappa shape index (κ3) is 3.91. The molecule has 2 aromatic carbocycles. The first-order valence-corrected chi connectivity index (χ1v) is 7.91. The van der Waals surface area contributed by atoms with Crippen LogP contribution in [0.4, 0.5) is 0 Å². The van der Waals surface area contributed by atoms with Crippen molar-refractivity contribution in [2.45, 2.75) is 19.5 Å². The molecule has 0 aliphatic rings. The monoisotopic (exact) mass is 347 g/mol. The molecule has 118 valence electrons. The Bertz CT molecular complexity index is 790. The third-order valence-electron chi connectivity index (χ3n) is 3.44. The molecule has 0 saturated heterocycles. The zero-order valence-corrected chi connectivity index (χ0v) is 14.0. The highest BCUT2D eigenvalue weighted by atomic mass is 35.5. The van der Waals surface area contributed by atoms with Crippen LogP contribution in [0.15, 0.2) is 53.1 Å². The number of rotatable bonds is 5. The van der Waals surface area contributed by atoms with Crippen LogP contribution in [0.25, 0.3) is 0 Å². The first kappa shape index (κ1) is 16.0. The summed E-state index contributed by atoms with van der Waals surface area (Å²) in [5, 5.41) is 8.42. The van der Waals surface area contributed by atoms with Crippen molar-refractivity contribution in [3.05, 3.63) is 81.4 Å². The molecule has 1 unspecified atom stereocenters. The van der Waals surface area contributed by atoms with Crippen molar-refractivity contribution in [3.8, 4) is 0 Å². The molecule has 1 aromatic heterocycles. The predicted molar refractivity (Wildman–Crippen MR) is 90.6 cm³/mol. The average Bonchev–Trinajstić information content (AvgIpc) is 2.97. The van der Waals surface area contributed by atoms with Crippen molar-refractivity contribution in [3.63, 3.8) is 0 Å². The summed E-state index contributed by atoms with van der Waals surface area (Å²) >= 11 is 12.2. The number of aryl methyl sites for hydroxylation is 1. The Labute approximate surface area is 144 Å². The third-order valence-corrected chi connectivity index (χ3v) is 4.18. The second-order valence-electron chi connectivity index (χ2n) is 5.13. The van der Waals surface area contributed by atoms with Crippen LogP contribution >= 0.6 is 23.2 Å². The summed E-state index contributed by atoms with van der Waals surface area (Å²) in [4.78, 5) is 4.21. The lowest BCUT2D eigenvalue weighted by Crippen LogP contribution is -2.22. The number of hydrogen-bond donors (Lipinski definition) is 1. The Morgan fingerprint density at radius 3 is 2.48 bits per heavy atom. The Morgan fingerprint density at radius 2 is 1.83 bits per heavy atom. The highest BCUT2D eigenvalue weighted by molar-refractivity contribution is 6.42. The topological polar surface area (TPSA) is 51.0 Å². The second kappa shape index (κ2) is 7.13. The van der Waals surface area contributed by atoms with E-state index in [4.69, 9.17) is 27.7 Å². The van der Waals surface area contributed by atoms with E-state index in [9.17, 15) is 0 Å². The number of benzene rings is 2. The fourth-order valence-electron chi connectivity index (χ4n) is 2.37. The van der Waals surface area contributed by atoms with Gasteiger partial charge in [-0.05, 0) is 23.3 Å². The van der Waals surface area contributed by atoms with Crippen LogP contribution < -0.4 is 5.32 Å². The van der Waals surface area contributed by atoms with Crippen molar-refractivity contribution >= 4 is 23.2 Å². The van der Waals surface area contributed by atoms with E-state index >= 15 is 0 Å². The summed E-state index contributed by atoms with van der Waals surface area (Å²) in [6.45, 7) is 2.25. The van der Waals surface area contributed by atoms with E-state index < -0.39 is 0 Å². The lowest BCUT2D eigenvalue weighted by Gasteiger charge is -2.19. The van der Waals surface area contributed by atoms with Crippen LogP contribution in [-0.2, 0) is 6.54 Å². The van der Waals surface area contributed by atoms with Gasteiger partial charge in [-0.2, -0.15) is 4.98 Å². The normalized spacial score (nSPS) is 12.3. The standard InChI is InChI=1S/C17H15Cl2N3O/c1-11-21-16(22-23-11)10-20-17(12-5-3-2-4-6-12)13-7-8-14(18)15(19)9-13/h2-9,17,20H,10H2,1H3. The number of halogens is 2. The Hall–Kier alpha value is -1.88. The molecule has 0 fully saturated rings. The molecule has 0 spiro atoms. The van der Waals surface area contributed by atoms with Gasteiger partial charge in [0.25, 0.3) is 0 Å². The zero-order chi connectivity index (χ0) is 16.2. The van der Waals surface area contributed by atoms with Gasteiger partial charge in [-0.25, -0.2) is 0 Å². The lowest BCUT2D eigenvalue weighted by atomic mass is 9.99. The van der Waals surface area contributed by atoms with E-state index in [0.29, 0.717) is 28.3 Å². The van der Waals surface area contributed by atoms with Gasteiger partial charge in [0.1, 0.15) is 0 Å². The number of aromatic nitrogens is 2. The average molecular weight is 348 g/mol. The molecular formula is C17H15Cl2N3O. The molecule has 0 saturated carbocycles. The molecule has 1 atom stereocenters. The first-order chi connectivity index (χ1) is 11.1. The van der Waals surface area contributed by atoms with Crippen molar-refractivity contribution in [1.82, 2.24) is 15.5 Å². The Kier molecular flexibility index (Phi) is 4.96. The van der Waals surface area contributed by atoms with Gasteiger partial charge >= 0.3 is 0 Å². The van der Waals surface area contributed by atoms with E-state index in [1.807, 2.05) is 30.3 Å². The van der Waals surface area contributed by atoms with Crippen LogP contribution in [0.1, 0.15) is 28.9 Å². The molecular weight excluding hydrogens is 333 g/mol. The fraction of sp³-hybridized carbons (Fsp3) is 0.176. The molecule has 0 aliphatic heterocycles. The van der Waals surface area contributed by atoms with Gasteiger partial charge < -0.3 is 4.52 Å². The van der Waals surface area contributed by atoms with Crippen molar-refractivity contribution in [1.29, 1.82) is 0 Å². The molecule has 6 heteroatoms. The van der Waals surface area contributed by atoms with Crippen LogP contribution in [0.2, 0.25) is 10.0 Å². The maximum atomic E-state index is 6.17. The fourth-order valence-corrected chi connectivity index (χ4v) is 2.68. The molecule has 23 heavy (non-hydrogen) atoms. The molecule has 1 heterocycles. The van der Waals surface area contributed by atoms with Crippen molar-refractivity contribution < 1.29 is 4.52 Å². The number of nitrogens with zero attached hydrogens (tertiary/aromatic N) is 2. The second-order valence-corrected chi connectivity index (χ2v) is 5.94. The lowest BCUT2D eigenvalue weighted by molar-refractivity contribution is 0.384. The minimum absolute atomic E-state index is 0.0511. The first-order valence-electron chi connectivity index (χ1n) is 7.16. The minimum atomic E-state index is -0.0511. The predicted octanol–water partition coefficient (Wildman–Crippen LogP) is 4.56. The van der Waals surface area contributed by atoms with Gasteiger partial charge in [-0.15, -0.1) is 0 Å². The minimum Gasteiger partial charge on any atom is -0.340 e. The Morgan fingerprint density at radius 1 is 1.04 bits per heavy atom. The number of hydrogen-bond acceptors (Lipinski definition) is 4. The van der Waals surface area contributed by atoms with E-state index in [0.717, 1.165) is 11.1 Å². The maximum Gasteiger partial charge on any atom is 0.223 e. The highest BCUT2D eigenvalue weighted by Gasteiger charge is 2.16. The molecule has 4 nitrogen and oxygen atoms in total. The molecule has 0 amide bonds. The van der Waals surface area contributed by atoms with Crippen LogP contribution in [0, 0.1) is 6.92 Å². The van der Waals surface area contributed by atoms with E-state index in [-0.39, 0.29) is 6.04 Å². The van der Waals surface area contributed by atoms with Crippen LogP contribution in [0.5, 0.6) is 0 Å². The molecule has 0 aliphatic carbocycles. The molecule has 0 bridgehead atoms. The molecule has 0 radical (unpaired) electrons. The van der Waals surface area contributed by atoms with Crippen LogP contribution in [0.3, 0.4) is 0 Å². The van der Waals surface area contributed by atoms with Gasteiger partial charge in [0.05, 0.1) is 22.6 Å². The summed E-state index contributed by atoms with van der Waals surface area (Å²) in [5.41, 5.74) is 2.14. The quantitative estimate of drug-likeness (QED) is 0.734. The Balaban J connectivity index is 1.88. The zero-order valence-electron chi connectivity index (χ0n) is 12.5. The van der Waals surface area contributed by atoms with E-state index in [2.05, 4.69) is 27.6 Å². The summed E-state index contributed by atoms with van der Waals surface area (Å²) < 4.78 is 5.00. The molecule has 1 N–H and O–H groups in total. The summed E-state index contributed by atoms with van der Waals surface area (Å²) in [7, 11) is 0. The van der Waals surface area contributed by atoms with Gasteiger partial charge in [-0.1, -0.05) is 64.8 Å². The summed E-state index contributed by atoms with van der Waals surface area (Å²) in [6.07, 6.45) is 0. The van der Waals surface area contributed by atoms with Crippen molar-refractivity contribution in [2.75, 3.05) is 0 Å². The SMILES string of the molecule is Cc1nc(CNC(c2ccccc2)c2ccc(Cl)c(Cl)c2)no1. The van der Waals surface area contributed by atoms with Gasteiger partial charge in [-0.3, -0.25) is 5.32 Å². The van der Waals surface area contributed by atoms with E-state index in [1.54, 1.807) is 13.0 Å². The van der Waals surface area contributed by atoms with Gasteiger partial charge in [0.15, 0.2) is 5.82 Å². The van der Waals surface area contributed by atoms with E-state index in [1.165, 1.54) is 0 Å².